The molecule has 0 aliphatic carbocycles. The van der Waals surface area contributed by atoms with Gasteiger partial charge < -0.3 is 5.11 Å². The third kappa shape index (κ3) is 3.79. The number of carbonyl (C=O) groups excluding carboxylic acids is 1. The summed E-state index contributed by atoms with van der Waals surface area (Å²) in [4.78, 5) is 8.50. The van der Waals surface area contributed by atoms with Crippen LogP contribution < -0.4 is 0 Å². The lowest BCUT2D eigenvalue weighted by molar-refractivity contribution is 0.475. The summed E-state index contributed by atoms with van der Waals surface area (Å²) in [5.74, 6) is -0.0664. The Balaban J connectivity index is 0.000000437. The molecule has 0 unspecified atom stereocenters. The molecule has 0 bridgehead atoms. The lowest BCUT2D eigenvalue weighted by Crippen LogP contribution is -1.82. The molecule has 0 fully saturated rings. The van der Waals surface area contributed by atoms with Gasteiger partial charge in [-0.15, -0.1) is 0 Å². The van der Waals surface area contributed by atoms with Crippen molar-refractivity contribution in [2.45, 2.75) is 0 Å². The highest BCUT2D eigenvalue weighted by Crippen LogP contribution is 2.23. The van der Waals surface area contributed by atoms with Crippen molar-refractivity contribution in [3.05, 3.63) is 54.3 Å². The van der Waals surface area contributed by atoms with E-state index in [0.717, 1.165) is 10.8 Å². The molecule has 0 heterocycles. The summed E-state index contributed by atoms with van der Waals surface area (Å²) >= 11 is 3.59. The van der Waals surface area contributed by atoms with Crippen LogP contribution in [-0.2, 0) is 4.79 Å². The molecule has 0 aliphatic heterocycles. The zero-order valence-corrected chi connectivity index (χ0v) is 9.58. The van der Waals surface area contributed by atoms with Gasteiger partial charge >= 0.3 is 0 Å². The van der Waals surface area contributed by atoms with Crippen LogP contribution in [0.2, 0.25) is 0 Å². The number of phenolic OH excluding ortho intramolecular Hbond substituents is 1. The fraction of sp³-hybridized carbons (Fsp3) is 0. The Labute approximate surface area is 103 Å². The molecule has 0 saturated carbocycles. The van der Waals surface area contributed by atoms with Crippen molar-refractivity contribution in [1.82, 2.24) is 0 Å². The molecule has 0 atom stereocenters. The third-order valence-electron chi connectivity index (χ3n) is 2.05. The maximum atomic E-state index is 13.3. The molecule has 2 rings (SSSR count). The minimum Gasteiger partial charge on any atom is -0.508 e. The Kier molecular flexibility index (Phi) is 5.01. The lowest BCUT2D eigenvalue weighted by Gasteiger charge is -2.02. The number of thiocarbonyl (C=S) groups is 1. The Bertz CT molecular complexity index is 517. The van der Waals surface area contributed by atoms with Crippen LogP contribution in [0.4, 0.5) is 4.39 Å². The van der Waals surface area contributed by atoms with Crippen molar-refractivity contribution < 1.29 is 14.3 Å². The molecule has 1 N–H and O–H groups in total. The second kappa shape index (κ2) is 6.53. The first-order chi connectivity index (χ1) is 8.19. The van der Waals surface area contributed by atoms with E-state index < -0.39 is 0 Å². The number of aromatic hydroxyl groups is 1. The maximum absolute atomic E-state index is 13.3. The molecular weight excluding hydrogens is 239 g/mol. The van der Waals surface area contributed by atoms with E-state index >= 15 is 0 Å². The lowest BCUT2D eigenvalue weighted by atomic mass is 10.1. The Morgan fingerprint density at radius 3 is 2.12 bits per heavy atom. The van der Waals surface area contributed by atoms with E-state index in [4.69, 9.17) is 9.90 Å². The molecule has 86 valence electrons. The zero-order valence-electron chi connectivity index (χ0n) is 8.76. The molecule has 0 spiro atoms. The van der Waals surface area contributed by atoms with Crippen LogP contribution in [0.25, 0.3) is 11.1 Å². The van der Waals surface area contributed by atoms with Gasteiger partial charge in [0, 0.05) is 17.8 Å². The summed E-state index contributed by atoms with van der Waals surface area (Å²) < 4.78 is 13.3. The van der Waals surface area contributed by atoms with Gasteiger partial charge in [-0.3, -0.25) is 0 Å². The zero-order chi connectivity index (χ0) is 12.7. The van der Waals surface area contributed by atoms with Gasteiger partial charge in [-0.2, -0.15) is 0 Å². The van der Waals surface area contributed by atoms with Crippen molar-refractivity contribution in [2.24, 2.45) is 0 Å². The number of benzene rings is 2. The van der Waals surface area contributed by atoms with Gasteiger partial charge in [-0.25, -0.2) is 9.18 Å². The summed E-state index contributed by atoms with van der Waals surface area (Å²) in [6.45, 7) is 0. The SMILES string of the molecule is O=C=S.Oc1ccc(-c2ccccc2F)cc1. The largest absolute Gasteiger partial charge is 0.508 e. The van der Waals surface area contributed by atoms with Crippen molar-refractivity contribution in [3.63, 3.8) is 0 Å². The molecule has 2 aromatic carbocycles. The van der Waals surface area contributed by atoms with Crippen LogP contribution in [0.3, 0.4) is 0 Å². The van der Waals surface area contributed by atoms with Gasteiger partial charge in [0.2, 0.25) is 5.23 Å². The first-order valence-corrected chi connectivity index (χ1v) is 5.13. The summed E-state index contributed by atoms with van der Waals surface area (Å²) in [5, 5.41) is 10.2. The van der Waals surface area contributed by atoms with Crippen LogP contribution in [0.1, 0.15) is 0 Å². The number of halogens is 1. The molecule has 0 saturated heterocycles. The van der Waals surface area contributed by atoms with Crippen LogP contribution in [0.5, 0.6) is 5.75 Å². The topological polar surface area (TPSA) is 37.3 Å². The van der Waals surface area contributed by atoms with Gasteiger partial charge in [0.1, 0.15) is 11.6 Å². The average molecular weight is 248 g/mol. The summed E-state index contributed by atoms with van der Waals surface area (Å²) in [6, 6.07) is 13.0. The van der Waals surface area contributed by atoms with E-state index in [-0.39, 0.29) is 11.6 Å². The van der Waals surface area contributed by atoms with Gasteiger partial charge in [-0.1, -0.05) is 30.3 Å². The van der Waals surface area contributed by atoms with Crippen LogP contribution in [0.15, 0.2) is 48.5 Å². The minimum absolute atomic E-state index is 0.185. The van der Waals surface area contributed by atoms with Crippen molar-refractivity contribution >= 4 is 17.5 Å². The van der Waals surface area contributed by atoms with E-state index in [0.29, 0.717) is 5.56 Å². The average Bonchev–Trinajstić information content (AvgIpc) is 2.32. The number of hydrogen-bond acceptors (Lipinski definition) is 3. The maximum Gasteiger partial charge on any atom is 0.202 e. The minimum atomic E-state index is -0.252. The summed E-state index contributed by atoms with van der Waals surface area (Å²) in [6.07, 6.45) is 0. The number of rotatable bonds is 1. The highest BCUT2D eigenvalue weighted by atomic mass is 32.1. The monoisotopic (exact) mass is 248 g/mol. The van der Waals surface area contributed by atoms with E-state index in [9.17, 15) is 4.39 Å². The van der Waals surface area contributed by atoms with Gasteiger partial charge in [-0.05, 0) is 23.8 Å². The van der Waals surface area contributed by atoms with E-state index in [2.05, 4.69) is 12.2 Å². The fourth-order valence-electron chi connectivity index (χ4n) is 1.34. The predicted molar refractivity (Wildman–Crippen MR) is 66.8 cm³/mol. The molecule has 2 nitrogen and oxygen atoms in total. The second-order valence-corrected chi connectivity index (χ2v) is 3.28. The normalized spacial score (nSPS) is 8.76. The van der Waals surface area contributed by atoms with Crippen molar-refractivity contribution in [1.29, 1.82) is 0 Å². The van der Waals surface area contributed by atoms with Gasteiger partial charge in [0.05, 0.1) is 0 Å². The summed E-state index contributed by atoms with van der Waals surface area (Å²) in [7, 11) is 0. The second-order valence-electron chi connectivity index (χ2n) is 3.11. The fourth-order valence-corrected chi connectivity index (χ4v) is 1.34. The summed E-state index contributed by atoms with van der Waals surface area (Å²) in [5.41, 5.74) is 1.31. The Morgan fingerprint density at radius 1 is 1.06 bits per heavy atom. The predicted octanol–water partition coefficient (Wildman–Crippen LogP) is 3.45. The Hall–Kier alpha value is -2.03. The first kappa shape index (κ1) is 13.0. The molecule has 2 aromatic rings. The Morgan fingerprint density at radius 2 is 1.59 bits per heavy atom. The third-order valence-corrected chi connectivity index (χ3v) is 2.05. The molecule has 17 heavy (non-hydrogen) atoms. The molecular formula is C13H9FO2S. The van der Waals surface area contributed by atoms with Crippen LogP contribution >= 0.6 is 12.2 Å². The van der Waals surface area contributed by atoms with E-state index in [1.807, 2.05) is 0 Å². The van der Waals surface area contributed by atoms with Gasteiger partial charge in [0.15, 0.2) is 0 Å². The van der Waals surface area contributed by atoms with Crippen LogP contribution in [0, 0.1) is 5.82 Å². The molecule has 0 aliphatic rings. The number of hydrogen-bond donors (Lipinski definition) is 1. The van der Waals surface area contributed by atoms with E-state index in [1.54, 1.807) is 42.5 Å². The number of phenols is 1. The van der Waals surface area contributed by atoms with E-state index in [1.165, 1.54) is 6.07 Å². The first-order valence-electron chi connectivity index (χ1n) is 4.72. The molecule has 0 aromatic heterocycles. The van der Waals surface area contributed by atoms with Crippen molar-refractivity contribution in [3.8, 4) is 16.9 Å². The standard InChI is InChI=1S/C12H9FO.COS/c13-12-4-2-1-3-11(12)9-5-7-10(14)8-6-9;2-1-3/h1-8,14H;. The van der Waals surface area contributed by atoms with Gasteiger partial charge in [0.25, 0.3) is 0 Å². The highest BCUT2D eigenvalue weighted by Gasteiger charge is 2.02. The molecule has 0 amide bonds. The molecule has 4 heteroatoms. The smallest absolute Gasteiger partial charge is 0.202 e. The van der Waals surface area contributed by atoms with Crippen molar-refractivity contribution in [2.75, 3.05) is 0 Å². The highest BCUT2D eigenvalue weighted by molar-refractivity contribution is 7.78. The quantitative estimate of drug-likeness (QED) is 0.785. The molecule has 0 radical (unpaired) electrons. The van der Waals surface area contributed by atoms with Crippen LogP contribution in [-0.4, -0.2) is 10.3 Å².